The number of allylic oxidation sites excluding steroid dienone is 2. The van der Waals surface area contributed by atoms with E-state index in [0.717, 1.165) is 6.42 Å². The molecule has 0 aromatic heterocycles. The van der Waals surface area contributed by atoms with E-state index in [9.17, 15) is 0 Å². The predicted octanol–water partition coefficient (Wildman–Crippen LogP) is 0.377. The summed E-state index contributed by atoms with van der Waals surface area (Å²) in [5, 5.41) is 3.06. The van der Waals surface area contributed by atoms with Crippen LogP contribution in [0.25, 0.3) is 0 Å². The summed E-state index contributed by atoms with van der Waals surface area (Å²) in [6, 6.07) is 0.206. The van der Waals surface area contributed by atoms with Crippen molar-refractivity contribution >= 4 is 0 Å². The second-order valence-corrected chi connectivity index (χ2v) is 2.19. The first kappa shape index (κ1) is 6.36. The van der Waals surface area contributed by atoms with Gasteiger partial charge in [-0.1, -0.05) is 12.2 Å². The van der Waals surface area contributed by atoms with E-state index in [2.05, 4.69) is 5.32 Å². The van der Waals surface area contributed by atoms with Gasteiger partial charge in [0.05, 0.1) is 0 Å². The molecular formula is C7H12N2. The highest BCUT2D eigenvalue weighted by Crippen LogP contribution is 2.06. The molecule has 0 spiro atoms. The molecule has 9 heavy (non-hydrogen) atoms. The minimum absolute atomic E-state index is 0.206. The van der Waals surface area contributed by atoms with E-state index in [1.165, 1.54) is 5.70 Å². The third kappa shape index (κ3) is 1.57. The van der Waals surface area contributed by atoms with Gasteiger partial charge in [0.15, 0.2) is 0 Å². The summed E-state index contributed by atoms with van der Waals surface area (Å²) in [7, 11) is 1.91. The fourth-order valence-corrected chi connectivity index (χ4v) is 0.890. The van der Waals surface area contributed by atoms with Gasteiger partial charge in [0, 0.05) is 25.2 Å². The first-order valence-electron chi connectivity index (χ1n) is 3.13. The van der Waals surface area contributed by atoms with E-state index in [0.29, 0.717) is 0 Å². The van der Waals surface area contributed by atoms with Crippen LogP contribution in [0.2, 0.25) is 0 Å². The van der Waals surface area contributed by atoms with Gasteiger partial charge in [0.1, 0.15) is 0 Å². The Bertz CT molecular complexity index is 147. The summed E-state index contributed by atoms with van der Waals surface area (Å²) >= 11 is 0. The normalized spacial score (nSPS) is 25.6. The Hall–Kier alpha value is -0.760. The fourth-order valence-electron chi connectivity index (χ4n) is 0.890. The van der Waals surface area contributed by atoms with Crippen LogP contribution in [0.3, 0.4) is 0 Å². The second kappa shape index (κ2) is 2.69. The quantitative estimate of drug-likeness (QED) is 0.530. The molecule has 0 aromatic rings. The summed E-state index contributed by atoms with van der Waals surface area (Å²) in [4.78, 5) is 0. The standard InChI is InChI=1S/C7H12N2/c1-9-7-4-2-3-6(8)5-7/h2-4,6,9H,5,8H2,1H3. The van der Waals surface area contributed by atoms with Crippen LogP contribution in [0.4, 0.5) is 0 Å². The van der Waals surface area contributed by atoms with Gasteiger partial charge in [-0.05, 0) is 6.08 Å². The number of rotatable bonds is 1. The molecule has 0 saturated heterocycles. The molecule has 1 aliphatic rings. The van der Waals surface area contributed by atoms with E-state index in [1.807, 2.05) is 25.3 Å². The number of nitrogens with two attached hydrogens (primary N) is 1. The van der Waals surface area contributed by atoms with Crippen molar-refractivity contribution in [3.05, 3.63) is 23.9 Å². The van der Waals surface area contributed by atoms with Gasteiger partial charge in [0.2, 0.25) is 0 Å². The molecule has 0 saturated carbocycles. The highest BCUT2D eigenvalue weighted by Gasteiger charge is 2.03. The molecule has 0 bridgehead atoms. The second-order valence-electron chi connectivity index (χ2n) is 2.19. The zero-order valence-corrected chi connectivity index (χ0v) is 5.59. The van der Waals surface area contributed by atoms with Crippen molar-refractivity contribution < 1.29 is 0 Å². The Morgan fingerprint density at radius 3 is 3.00 bits per heavy atom. The Morgan fingerprint density at radius 2 is 2.56 bits per heavy atom. The summed E-state index contributed by atoms with van der Waals surface area (Å²) in [6.07, 6.45) is 6.97. The largest absolute Gasteiger partial charge is 0.391 e. The van der Waals surface area contributed by atoms with Crippen molar-refractivity contribution in [2.24, 2.45) is 5.73 Å². The van der Waals surface area contributed by atoms with Crippen LogP contribution in [0, 0.1) is 0 Å². The van der Waals surface area contributed by atoms with Gasteiger partial charge in [-0.2, -0.15) is 0 Å². The minimum atomic E-state index is 0.206. The lowest BCUT2D eigenvalue weighted by Crippen LogP contribution is -2.23. The van der Waals surface area contributed by atoms with Crippen molar-refractivity contribution in [1.29, 1.82) is 0 Å². The zero-order chi connectivity index (χ0) is 6.69. The van der Waals surface area contributed by atoms with E-state index in [4.69, 9.17) is 5.73 Å². The Balaban J connectivity index is 2.55. The minimum Gasteiger partial charge on any atom is -0.391 e. The molecule has 0 amide bonds. The lowest BCUT2D eigenvalue weighted by Gasteiger charge is -2.13. The molecule has 50 valence electrons. The summed E-state index contributed by atoms with van der Waals surface area (Å²) < 4.78 is 0. The van der Waals surface area contributed by atoms with Crippen molar-refractivity contribution in [2.45, 2.75) is 12.5 Å². The SMILES string of the molecule is CNC1=CC=CC(N)C1. The molecule has 0 heterocycles. The Morgan fingerprint density at radius 1 is 1.78 bits per heavy atom. The predicted molar refractivity (Wildman–Crippen MR) is 38.9 cm³/mol. The molecule has 3 N–H and O–H groups in total. The topological polar surface area (TPSA) is 38.0 Å². The first-order valence-corrected chi connectivity index (χ1v) is 3.13. The molecule has 0 radical (unpaired) electrons. The average molecular weight is 124 g/mol. The smallest absolute Gasteiger partial charge is 0.0282 e. The number of hydrogen-bond donors (Lipinski definition) is 2. The molecule has 1 unspecified atom stereocenters. The van der Waals surface area contributed by atoms with E-state index < -0.39 is 0 Å². The van der Waals surface area contributed by atoms with Crippen LogP contribution in [0.1, 0.15) is 6.42 Å². The molecule has 1 atom stereocenters. The molecule has 0 fully saturated rings. The third-order valence-electron chi connectivity index (χ3n) is 1.43. The zero-order valence-electron chi connectivity index (χ0n) is 5.59. The van der Waals surface area contributed by atoms with Gasteiger partial charge in [-0.3, -0.25) is 0 Å². The lowest BCUT2D eigenvalue weighted by atomic mass is 10.1. The fraction of sp³-hybridized carbons (Fsp3) is 0.429. The third-order valence-corrected chi connectivity index (χ3v) is 1.43. The molecule has 1 aliphatic carbocycles. The maximum absolute atomic E-state index is 5.63. The van der Waals surface area contributed by atoms with Crippen molar-refractivity contribution in [2.75, 3.05) is 7.05 Å². The molecule has 0 aromatic carbocycles. The van der Waals surface area contributed by atoms with Gasteiger partial charge in [-0.15, -0.1) is 0 Å². The van der Waals surface area contributed by atoms with Crippen LogP contribution >= 0.6 is 0 Å². The van der Waals surface area contributed by atoms with Crippen LogP contribution < -0.4 is 11.1 Å². The van der Waals surface area contributed by atoms with E-state index >= 15 is 0 Å². The highest BCUT2D eigenvalue weighted by molar-refractivity contribution is 5.19. The number of hydrogen-bond acceptors (Lipinski definition) is 2. The van der Waals surface area contributed by atoms with Crippen molar-refractivity contribution in [3.63, 3.8) is 0 Å². The molecule has 1 rings (SSSR count). The average Bonchev–Trinajstić information content (AvgIpc) is 1.88. The van der Waals surface area contributed by atoms with Crippen molar-refractivity contribution in [1.82, 2.24) is 5.32 Å². The summed E-state index contributed by atoms with van der Waals surface area (Å²) in [5.41, 5.74) is 6.85. The van der Waals surface area contributed by atoms with Crippen LogP contribution in [0.15, 0.2) is 23.9 Å². The summed E-state index contributed by atoms with van der Waals surface area (Å²) in [6.45, 7) is 0. The van der Waals surface area contributed by atoms with Gasteiger partial charge in [0.25, 0.3) is 0 Å². The van der Waals surface area contributed by atoms with E-state index in [-0.39, 0.29) is 6.04 Å². The maximum Gasteiger partial charge on any atom is 0.0282 e. The van der Waals surface area contributed by atoms with Crippen LogP contribution in [-0.4, -0.2) is 13.1 Å². The van der Waals surface area contributed by atoms with Crippen LogP contribution in [0.5, 0.6) is 0 Å². The highest BCUT2D eigenvalue weighted by atomic mass is 14.8. The Labute approximate surface area is 55.4 Å². The Kier molecular flexibility index (Phi) is 1.90. The van der Waals surface area contributed by atoms with Crippen LogP contribution in [-0.2, 0) is 0 Å². The molecular weight excluding hydrogens is 112 g/mol. The van der Waals surface area contributed by atoms with Gasteiger partial charge < -0.3 is 11.1 Å². The van der Waals surface area contributed by atoms with Gasteiger partial charge >= 0.3 is 0 Å². The first-order chi connectivity index (χ1) is 4.33. The van der Waals surface area contributed by atoms with E-state index in [1.54, 1.807) is 0 Å². The summed E-state index contributed by atoms with van der Waals surface area (Å²) in [5.74, 6) is 0. The molecule has 2 nitrogen and oxygen atoms in total. The number of nitrogens with one attached hydrogen (secondary N) is 1. The van der Waals surface area contributed by atoms with Gasteiger partial charge in [-0.25, -0.2) is 0 Å². The van der Waals surface area contributed by atoms with Crippen molar-refractivity contribution in [3.8, 4) is 0 Å². The molecule has 2 heteroatoms. The maximum atomic E-state index is 5.63. The molecule has 0 aliphatic heterocycles. The monoisotopic (exact) mass is 124 g/mol. The lowest BCUT2D eigenvalue weighted by molar-refractivity contribution is 0.739.